The first-order valence-corrected chi connectivity index (χ1v) is 7.89. The molecule has 1 saturated heterocycles. The van der Waals surface area contributed by atoms with E-state index in [0.717, 1.165) is 36.6 Å². The monoisotopic (exact) mass is 309 g/mol. The Balaban J connectivity index is 1.65. The molecule has 3 aromatic rings. The summed E-state index contributed by atoms with van der Waals surface area (Å²) in [6.07, 6.45) is 8.70. The van der Waals surface area contributed by atoms with Crippen LogP contribution in [-0.2, 0) is 6.42 Å². The van der Waals surface area contributed by atoms with Crippen LogP contribution in [0.3, 0.4) is 0 Å². The van der Waals surface area contributed by atoms with Crippen LogP contribution in [0.5, 0.6) is 5.75 Å². The number of hydrogen-bond acceptors (Lipinski definition) is 5. The summed E-state index contributed by atoms with van der Waals surface area (Å²) >= 11 is 0. The van der Waals surface area contributed by atoms with Crippen LogP contribution in [0.15, 0.2) is 43.0 Å². The lowest BCUT2D eigenvalue weighted by Gasteiger charge is -2.27. The maximum absolute atomic E-state index is 5.50. The number of benzene rings is 1. The number of nitrogens with zero attached hydrogens (tertiary/aromatic N) is 5. The molecule has 6 nitrogen and oxygen atoms in total. The highest BCUT2D eigenvalue weighted by Crippen LogP contribution is 2.29. The number of fused-ring (bicyclic) bond motifs is 1. The van der Waals surface area contributed by atoms with Gasteiger partial charge in [0.1, 0.15) is 17.9 Å². The molecule has 1 aromatic carbocycles. The molecule has 0 N–H and O–H groups in total. The summed E-state index contributed by atoms with van der Waals surface area (Å²) < 4.78 is 7.51. The Hall–Kier alpha value is -2.63. The molecule has 0 radical (unpaired) electrons. The molecular weight excluding hydrogens is 290 g/mol. The largest absolute Gasteiger partial charge is 0.496 e. The van der Waals surface area contributed by atoms with Gasteiger partial charge in [-0.2, -0.15) is 0 Å². The number of aromatic nitrogens is 4. The van der Waals surface area contributed by atoms with Gasteiger partial charge in [0.15, 0.2) is 5.65 Å². The van der Waals surface area contributed by atoms with Gasteiger partial charge >= 0.3 is 0 Å². The van der Waals surface area contributed by atoms with Crippen molar-refractivity contribution in [2.75, 3.05) is 18.6 Å². The van der Waals surface area contributed by atoms with Gasteiger partial charge in [0.2, 0.25) is 0 Å². The Morgan fingerprint density at radius 2 is 2.17 bits per heavy atom. The fourth-order valence-electron chi connectivity index (χ4n) is 3.43. The topological polar surface area (TPSA) is 55.5 Å². The zero-order valence-corrected chi connectivity index (χ0v) is 13.1. The van der Waals surface area contributed by atoms with Crippen molar-refractivity contribution >= 4 is 11.5 Å². The second-order valence-corrected chi connectivity index (χ2v) is 5.83. The van der Waals surface area contributed by atoms with Gasteiger partial charge in [-0.3, -0.25) is 9.38 Å². The van der Waals surface area contributed by atoms with Crippen LogP contribution in [0, 0.1) is 0 Å². The third-order valence-electron chi connectivity index (χ3n) is 4.52. The van der Waals surface area contributed by atoms with Gasteiger partial charge in [-0.15, -0.1) is 10.2 Å². The van der Waals surface area contributed by atoms with Crippen molar-refractivity contribution in [1.82, 2.24) is 19.6 Å². The summed E-state index contributed by atoms with van der Waals surface area (Å²) in [6, 6.07) is 8.68. The van der Waals surface area contributed by atoms with Crippen molar-refractivity contribution in [3.05, 3.63) is 48.5 Å². The second kappa shape index (κ2) is 5.87. The molecular formula is C17H19N5O. The van der Waals surface area contributed by atoms with E-state index in [4.69, 9.17) is 4.74 Å². The average Bonchev–Trinajstić information content (AvgIpc) is 3.24. The van der Waals surface area contributed by atoms with Crippen LogP contribution >= 0.6 is 0 Å². The quantitative estimate of drug-likeness (QED) is 0.740. The van der Waals surface area contributed by atoms with Crippen LogP contribution in [0.25, 0.3) is 5.65 Å². The Kier molecular flexibility index (Phi) is 3.57. The first-order chi connectivity index (χ1) is 11.4. The van der Waals surface area contributed by atoms with Gasteiger partial charge in [0, 0.05) is 12.6 Å². The van der Waals surface area contributed by atoms with E-state index >= 15 is 0 Å². The SMILES string of the molecule is COc1ccccc1CC1CCCN1c1cncc2nncn12. The first kappa shape index (κ1) is 14.0. The molecule has 1 aliphatic rings. The van der Waals surface area contributed by atoms with E-state index in [9.17, 15) is 0 Å². The molecule has 0 spiro atoms. The van der Waals surface area contributed by atoms with Gasteiger partial charge in [-0.1, -0.05) is 18.2 Å². The Labute approximate surface area is 134 Å². The number of para-hydroxylation sites is 1. The molecule has 0 aliphatic carbocycles. The second-order valence-electron chi connectivity index (χ2n) is 5.83. The van der Waals surface area contributed by atoms with Crippen LogP contribution in [0.2, 0.25) is 0 Å². The molecule has 1 fully saturated rings. The van der Waals surface area contributed by atoms with E-state index in [1.165, 1.54) is 12.0 Å². The number of anilines is 1. The molecule has 1 aliphatic heterocycles. The maximum atomic E-state index is 5.50. The molecule has 0 saturated carbocycles. The molecule has 3 heterocycles. The maximum Gasteiger partial charge on any atom is 0.180 e. The summed E-state index contributed by atoms with van der Waals surface area (Å²) in [4.78, 5) is 6.73. The van der Waals surface area contributed by atoms with Crippen LogP contribution in [0.4, 0.5) is 5.82 Å². The van der Waals surface area contributed by atoms with E-state index in [1.807, 2.05) is 22.7 Å². The van der Waals surface area contributed by atoms with Crippen LogP contribution in [0.1, 0.15) is 18.4 Å². The van der Waals surface area contributed by atoms with Crippen molar-refractivity contribution < 1.29 is 4.74 Å². The normalized spacial score (nSPS) is 17.8. The highest BCUT2D eigenvalue weighted by Gasteiger charge is 2.27. The van der Waals surface area contributed by atoms with Crippen molar-refractivity contribution in [3.8, 4) is 5.75 Å². The van der Waals surface area contributed by atoms with Crippen molar-refractivity contribution in [2.24, 2.45) is 0 Å². The van der Waals surface area contributed by atoms with Gasteiger partial charge in [0.05, 0.1) is 19.5 Å². The molecule has 0 bridgehead atoms. The molecule has 1 atom stereocenters. The van der Waals surface area contributed by atoms with E-state index < -0.39 is 0 Å². The smallest absolute Gasteiger partial charge is 0.180 e. The predicted molar refractivity (Wildman–Crippen MR) is 87.8 cm³/mol. The summed E-state index contributed by atoms with van der Waals surface area (Å²) in [5, 5.41) is 8.09. The molecule has 1 unspecified atom stereocenters. The zero-order valence-electron chi connectivity index (χ0n) is 13.1. The van der Waals surface area contributed by atoms with Gasteiger partial charge in [0.25, 0.3) is 0 Å². The summed E-state index contributed by atoms with van der Waals surface area (Å²) in [7, 11) is 1.73. The summed E-state index contributed by atoms with van der Waals surface area (Å²) in [5.41, 5.74) is 2.03. The molecule has 6 heteroatoms. The minimum atomic E-state index is 0.432. The highest BCUT2D eigenvalue weighted by molar-refractivity contribution is 5.49. The fourth-order valence-corrected chi connectivity index (χ4v) is 3.43. The third kappa shape index (κ3) is 2.50. The predicted octanol–water partition coefficient (Wildman–Crippen LogP) is 2.34. The van der Waals surface area contributed by atoms with Crippen molar-refractivity contribution in [3.63, 3.8) is 0 Å². The lowest BCUT2D eigenvalue weighted by Crippen LogP contribution is -2.32. The standard InChI is InChI=1S/C17H19N5O/c1-23-15-7-3-2-5-13(15)9-14-6-4-8-21(14)17-11-18-10-16-20-19-12-22(16)17/h2-3,5,7,10-12,14H,4,6,8-9H2,1H3. The highest BCUT2D eigenvalue weighted by atomic mass is 16.5. The Morgan fingerprint density at radius 1 is 1.26 bits per heavy atom. The van der Waals surface area contributed by atoms with Gasteiger partial charge in [-0.05, 0) is 30.9 Å². The lowest BCUT2D eigenvalue weighted by molar-refractivity contribution is 0.408. The average molecular weight is 309 g/mol. The number of hydrogen-bond donors (Lipinski definition) is 0. The molecule has 2 aromatic heterocycles. The number of rotatable bonds is 4. The third-order valence-corrected chi connectivity index (χ3v) is 4.52. The van der Waals surface area contributed by atoms with E-state index in [2.05, 4.69) is 32.2 Å². The summed E-state index contributed by atoms with van der Waals surface area (Å²) in [6.45, 7) is 1.03. The van der Waals surface area contributed by atoms with E-state index in [1.54, 1.807) is 19.6 Å². The fraction of sp³-hybridized carbons (Fsp3) is 0.353. The lowest BCUT2D eigenvalue weighted by atomic mass is 10.0. The van der Waals surface area contributed by atoms with E-state index in [0.29, 0.717) is 6.04 Å². The molecule has 0 amide bonds. The Bertz CT molecular complexity index is 815. The van der Waals surface area contributed by atoms with E-state index in [-0.39, 0.29) is 0 Å². The van der Waals surface area contributed by atoms with Gasteiger partial charge < -0.3 is 9.64 Å². The van der Waals surface area contributed by atoms with Crippen molar-refractivity contribution in [2.45, 2.75) is 25.3 Å². The number of ether oxygens (including phenoxy) is 1. The molecule has 23 heavy (non-hydrogen) atoms. The first-order valence-electron chi connectivity index (χ1n) is 7.89. The van der Waals surface area contributed by atoms with Gasteiger partial charge in [-0.25, -0.2) is 0 Å². The molecule has 118 valence electrons. The number of methoxy groups -OCH3 is 1. The van der Waals surface area contributed by atoms with Crippen LogP contribution in [-0.4, -0.2) is 39.3 Å². The minimum Gasteiger partial charge on any atom is -0.496 e. The Morgan fingerprint density at radius 3 is 3.09 bits per heavy atom. The van der Waals surface area contributed by atoms with Crippen molar-refractivity contribution in [1.29, 1.82) is 0 Å². The zero-order chi connectivity index (χ0) is 15.6. The minimum absolute atomic E-state index is 0.432. The van der Waals surface area contributed by atoms with Crippen LogP contribution < -0.4 is 9.64 Å². The summed E-state index contributed by atoms with van der Waals surface area (Å²) in [5.74, 6) is 2.02. The molecule has 4 rings (SSSR count).